The molecule has 4 nitrogen and oxygen atoms in total. The van der Waals surface area contributed by atoms with Crippen LogP contribution in [0.2, 0.25) is 0 Å². The van der Waals surface area contributed by atoms with E-state index in [0.717, 1.165) is 0 Å². The Balaban J connectivity index is 2.79. The molecule has 1 aromatic carbocycles. The van der Waals surface area contributed by atoms with Gasteiger partial charge in [-0.3, -0.25) is 0 Å². The molecule has 1 aromatic rings. The van der Waals surface area contributed by atoms with Crippen LogP contribution in [0.5, 0.6) is 0 Å². The number of aryl methyl sites for hydroxylation is 1. The fourth-order valence-electron chi connectivity index (χ4n) is 1.77. The number of rotatable bonds is 6. The van der Waals surface area contributed by atoms with Crippen LogP contribution in [0.15, 0.2) is 27.6 Å². The Labute approximate surface area is 123 Å². The van der Waals surface area contributed by atoms with Crippen LogP contribution in [0, 0.1) is 12.8 Å². The van der Waals surface area contributed by atoms with Crippen LogP contribution >= 0.6 is 15.9 Å². The fourth-order valence-corrected chi connectivity index (χ4v) is 3.63. The lowest BCUT2D eigenvalue weighted by molar-refractivity contribution is 0.152. The molecule has 108 valence electrons. The van der Waals surface area contributed by atoms with Crippen molar-refractivity contribution in [1.29, 1.82) is 0 Å². The van der Waals surface area contributed by atoms with E-state index in [2.05, 4.69) is 20.7 Å². The Kier molecular flexibility index (Phi) is 5.98. The molecule has 1 unspecified atom stereocenters. The molecule has 0 spiro atoms. The number of aliphatic hydroxyl groups is 1. The predicted octanol–water partition coefficient (Wildman–Crippen LogP) is 2.44. The van der Waals surface area contributed by atoms with Crippen molar-refractivity contribution in [3.8, 4) is 0 Å². The molecule has 0 aliphatic heterocycles. The van der Waals surface area contributed by atoms with E-state index in [0.29, 0.717) is 22.4 Å². The number of nitrogens with one attached hydrogen (secondary N) is 1. The molecule has 0 heterocycles. The molecule has 0 bridgehead atoms. The number of sulfonamides is 1. The van der Waals surface area contributed by atoms with E-state index in [1.165, 1.54) is 0 Å². The predicted molar refractivity (Wildman–Crippen MR) is 79.5 cm³/mol. The second-order valence-corrected chi connectivity index (χ2v) is 7.70. The van der Waals surface area contributed by atoms with Gasteiger partial charge in [-0.25, -0.2) is 13.1 Å². The number of hydrogen-bond acceptors (Lipinski definition) is 3. The van der Waals surface area contributed by atoms with Gasteiger partial charge >= 0.3 is 0 Å². The first-order valence-electron chi connectivity index (χ1n) is 6.16. The topological polar surface area (TPSA) is 66.4 Å². The van der Waals surface area contributed by atoms with Crippen LogP contribution in [0.1, 0.15) is 25.8 Å². The number of halogens is 1. The molecule has 0 amide bonds. The van der Waals surface area contributed by atoms with Crippen LogP contribution in [0.4, 0.5) is 0 Å². The standard InChI is InChI=1S/C13H20BrNO3S/c1-9(2)6-12(16)8-15-19(17,18)13-7-11(14)5-4-10(13)3/h4-5,7,9,12,15-16H,6,8H2,1-3H3. The Hall–Kier alpha value is -0.430. The van der Waals surface area contributed by atoms with E-state index in [1.54, 1.807) is 25.1 Å². The number of hydrogen-bond donors (Lipinski definition) is 2. The molecule has 0 radical (unpaired) electrons. The molecule has 0 saturated carbocycles. The molecule has 0 aliphatic carbocycles. The van der Waals surface area contributed by atoms with Gasteiger partial charge in [0.25, 0.3) is 0 Å². The monoisotopic (exact) mass is 349 g/mol. The summed E-state index contributed by atoms with van der Waals surface area (Å²) in [6.07, 6.45) is -0.0952. The molecule has 19 heavy (non-hydrogen) atoms. The smallest absolute Gasteiger partial charge is 0.240 e. The van der Waals surface area contributed by atoms with Crippen LogP contribution in [-0.4, -0.2) is 26.2 Å². The summed E-state index contributed by atoms with van der Waals surface area (Å²) in [5, 5.41) is 9.72. The van der Waals surface area contributed by atoms with E-state index >= 15 is 0 Å². The lowest BCUT2D eigenvalue weighted by atomic mass is 10.1. The molecular formula is C13H20BrNO3S. The number of benzene rings is 1. The van der Waals surface area contributed by atoms with Crippen molar-refractivity contribution in [1.82, 2.24) is 4.72 Å². The van der Waals surface area contributed by atoms with Crippen LogP contribution in [0.3, 0.4) is 0 Å². The average Bonchev–Trinajstić information content (AvgIpc) is 2.29. The highest BCUT2D eigenvalue weighted by Crippen LogP contribution is 2.20. The zero-order valence-electron chi connectivity index (χ0n) is 11.4. The molecule has 0 aromatic heterocycles. The van der Waals surface area contributed by atoms with E-state index in [1.807, 2.05) is 13.8 Å². The minimum absolute atomic E-state index is 0.0342. The first-order valence-corrected chi connectivity index (χ1v) is 8.44. The van der Waals surface area contributed by atoms with Gasteiger partial charge in [0.1, 0.15) is 0 Å². The summed E-state index contributed by atoms with van der Waals surface area (Å²) < 4.78 is 27.5. The highest BCUT2D eigenvalue weighted by molar-refractivity contribution is 9.10. The van der Waals surface area contributed by atoms with E-state index in [9.17, 15) is 13.5 Å². The third kappa shape index (κ3) is 5.22. The average molecular weight is 350 g/mol. The third-order valence-electron chi connectivity index (χ3n) is 2.69. The summed E-state index contributed by atoms with van der Waals surface area (Å²) in [4.78, 5) is 0.235. The van der Waals surface area contributed by atoms with Crippen LogP contribution in [0.25, 0.3) is 0 Å². The lowest BCUT2D eigenvalue weighted by Gasteiger charge is -2.15. The Morgan fingerprint density at radius 2 is 2.00 bits per heavy atom. The molecule has 1 atom stereocenters. The molecule has 0 aliphatic rings. The molecule has 0 saturated heterocycles. The Morgan fingerprint density at radius 3 is 2.58 bits per heavy atom. The van der Waals surface area contributed by atoms with Gasteiger partial charge in [0, 0.05) is 11.0 Å². The lowest BCUT2D eigenvalue weighted by Crippen LogP contribution is -2.33. The first-order chi connectivity index (χ1) is 8.72. The SMILES string of the molecule is Cc1ccc(Br)cc1S(=O)(=O)NCC(O)CC(C)C. The van der Waals surface area contributed by atoms with Crippen LogP contribution < -0.4 is 4.72 Å². The van der Waals surface area contributed by atoms with Gasteiger partial charge in [-0.15, -0.1) is 0 Å². The van der Waals surface area contributed by atoms with Crippen molar-refractivity contribution in [3.63, 3.8) is 0 Å². The molecule has 0 fully saturated rings. The van der Waals surface area contributed by atoms with Gasteiger partial charge < -0.3 is 5.11 Å². The normalized spacial score (nSPS) is 13.8. The third-order valence-corrected chi connectivity index (χ3v) is 4.75. The second-order valence-electron chi connectivity index (χ2n) is 5.05. The van der Waals surface area contributed by atoms with Crippen molar-refractivity contribution in [2.75, 3.05) is 6.54 Å². The van der Waals surface area contributed by atoms with E-state index in [-0.39, 0.29) is 11.4 Å². The fraction of sp³-hybridized carbons (Fsp3) is 0.538. The highest BCUT2D eigenvalue weighted by atomic mass is 79.9. The molecule has 2 N–H and O–H groups in total. The Morgan fingerprint density at radius 1 is 1.37 bits per heavy atom. The summed E-state index contributed by atoms with van der Waals surface area (Å²) in [7, 11) is -3.58. The van der Waals surface area contributed by atoms with Gasteiger partial charge in [-0.05, 0) is 37.0 Å². The maximum atomic E-state index is 12.2. The van der Waals surface area contributed by atoms with Crippen LogP contribution in [-0.2, 0) is 10.0 Å². The van der Waals surface area contributed by atoms with Crippen molar-refractivity contribution in [2.45, 2.75) is 38.2 Å². The van der Waals surface area contributed by atoms with Gasteiger partial charge in [0.2, 0.25) is 10.0 Å². The molecule has 6 heteroatoms. The van der Waals surface area contributed by atoms with Gasteiger partial charge in [-0.2, -0.15) is 0 Å². The molecule has 1 rings (SSSR count). The minimum atomic E-state index is -3.58. The summed E-state index contributed by atoms with van der Waals surface area (Å²) in [5.41, 5.74) is 0.675. The second kappa shape index (κ2) is 6.83. The van der Waals surface area contributed by atoms with Gasteiger partial charge in [0.15, 0.2) is 0 Å². The number of aliphatic hydroxyl groups excluding tert-OH is 1. The summed E-state index contributed by atoms with van der Waals surface area (Å²) >= 11 is 3.26. The summed E-state index contributed by atoms with van der Waals surface area (Å²) in [6, 6.07) is 5.09. The van der Waals surface area contributed by atoms with E-state index in [4.69, 9.17) is 0 Å². The quantitative estimate of drug-likeness (QED) is 0.828. The van der Waals surface area contributed by atoms with Crippen molar-refractivity contribution in [3.05, 3.63) is 28.2 Å². The maximum absolute atomic E-state index is 12.2. The zero-order valence-corrected chi connectivity index (χ0v) is 13.8. The van der Waals surface area contributed by atoms with Crippen molar-refractivity contribution >= 4 is 26.0 Å². The highest BCUT2D eigenvalue weighted by Gasteiger charge is 2.18. The minimum Gasteiger partial charge on any atom is -0.392 e. The van der Waals surface area contributed by atoms with E-state index < -0.39 is 16.1 Å². The summed E-state index contributed by atoms with van der Waals surface area (Å²) in [6.45, 7) is 5.74. The first kappa shape index (κ1) is 16.6. The summed E-state index contributed by atoms with van der Waals surface area (Å²) in [5.74, 6) is 0.326. The van der Waals surface area contributed by atoms with Gasteiger partial charge in [-0.1, -0.05) is 35.8 Å². The largest absolute Gasteiger partial charge is 0.392 e. The zero-order chi connectivity index (χ0) is 14.6. The Bertz CT molecular complexity index is 529. The van der Waals surface area contributed by atoms with Crippen molar-refractivity contribution in [2.24, 2.45) is 5.92 Å². The van der Waals surface area contributed by atoms with Crippen molar-refractivity contribution < 1.29 is 13.5 Å². The molecular weight excluding hydrogens is 330 g/mol. The maximum Gasteiger partial charge on any atom is 0.240 e. The van der Waals surface area contributed by atoms with Gasteiger partial charge in [0.05, 0.1) is 11.0 Å².